The molecule has 0 radical (unpaired) electrons. The van der Waals surface area contributed by atoms with Crippen LogP contribution in [-0.4, -0.2) is 29.0 Å². The highest BCUT2D eigenvalue weighted by molar-refractivity contribution is 5.88. The van der Waals surface area contributed by atoms with E-state index in [0.717, 1.165) is 29.8 Å². The number of hydrogen-bond donors (Lipinski definition) is 0. The Morgan fingerprint density at radius 1 is 1.27 bits per heavy atom. The van der Waals surface area contributed by atoms with Gasteiger partial charge in [-0.15, -0.1) is 0 Å². The topological polar surface area (TPSA) is 42.5 Å². The van der Waals surface area contributed by atoms with Crippen molar-refractivity contribution in [3.05, 3.63) is 84.1 Å². The molecular formula is C25H27FN4. The van der Waals surface area contributed by atoms with E-state index in [4.69, 9.17) is 0 Å². The molecule has 0 N–H and O–H groups in total. The van der Waals surface area contributed by atoms with Crippen molar-refractivity contribution >= 4 is 18.6 Å². The second-order valence-corrected chi connectivity index (χ2v) is 7.27. The highest BCUT2D eigenvalue weighted by Crippen LogP contribution is 2.30. The smallest absolute Gasteiger partial charge is 0.123 e. The van der Waals surface area contributed by atoms with Crippen molar-refractivity contribution in [3.8, 4) is 11.3 Å². The summed E-state index contributed by atoms with van der Waals surface area (Å²) >= 11 is 0. The minimum atomic E-state index is -0.276. The molecule has 0 bridgehead atoms. The van der Waals surface area contributed by atoms with Gasteiger partial charge in [0.1, 0.15) is 5.82 Å². The molecule has 154 valence electrons. The van der Waals surface area contributed by atoms with Crippen LogP contribution in [0, 0.1) is 5.82 Å². The van der Waals surface area contributed by atoms with E-state index in [-0.39, 0.29) is 11.9 Å². The maximum absolute atomic E-state index is 13.4. The van der Waals surface area contributed by atoms with E-state index in [1.807, 2.05) is 10.6 Å². The number of hydrogen-bond acceptors (Lipinski definition) is 3. The number of rotatable bonds is 8. The van der Waals surface area contributed by atoms with Crippen molar-refractivity contribution in [3.63, 3.8) is 0 Å². The van der Waals surface area contributed by atoms with Crippen LogP contribution in [0.4, 0.5) is 4.39 Å². The van der Waals surface area contributed by atoms with Gasteiger partial charge in [-0.3, -0.25) is 9.98 Å². The molecule has 4 nitrogen and oxygen atoms in total. The maximum Gasteiger partial charge on any atom is 0.123 e. The van der Waals surface area contributed by atoms with E-state index >= 15 is 0 Å². The average Bonchev–Trinajstić information content (AvgIpc) is 3.01. The Kier molecular flexibility index (Phi) is 7.44. The van der Waals surface area contributed by atoms with Crippen molar-refractivity contribution in [2.75, 3.05) is 6.54 Å². The summed E-state index contributed by atoms with van der Waals surface area (Å²) in [5.74, 6) is -0.276. The molecule has 3 rings (SSSR count). The van der Waals surface area contributed by atoms with Crippen LogP contribution < -0.4 is 0 Å². The number of imidazole rings is 1. The molecule has 30 heavy (non-hydrogen) atoms. The van der Waals surface area contributed by atoms with Crippen LogP contribution in [0.15, 0.2) is 82.6 Å². The third-order valence-electron chi connectivity index (χ3n) is 4.80. The third kappa shape index (κ3) is 5.38. The second kappa shape index (κ2) is 10.4. The summed E-state index contributed by atoms with van der Waals surface area (Å²) in [6, 6.07) is 6.51. The van der Waals surface area contributed by atoms with Gasteiger partial charge in [0.2, 0.25) is 0 Å². The lowest BCUT2D eigenvalue weighted by Gasteiger charge is -2.13. The van der Waals surface area contributed by atoms with Gasteiger partial charge in [-0.2, -0.15) is 0 Å². The molecule has 0 unspecified atom stereocenters. The average molecular weight is 403 g/mol. The molecule has 0 fully saturated rings. The van der Waals surface area contributed by atoms with Crippen molar-refractivity contribution < 1.29 is 4.39 Å². The fourth-order valence-electron chi connectivity index (χ4n) is 3.21. The van der Waals surface area contributed by atoms with Crippen LogP contribution >= 0.6 is 0 Å². The van der Waals surface area contributed by atoms with Gasteiger partial charge in [0.15, 0.2) is 0 Å². The molecular weight excluding hydrogens is 375 g/mol. The summed E-state index contributed by atoms with van der Waals surface area (Å²) in [6.45, 7) is 8.60. The molecule has 0 atom stereocenters. The zero-order valence-electron chi connectivity index (χ0n) is 17.5. The predicted octanol–water partition coefficient (Wildman–Crippen LogP) is 6.22. The number of benzene rings is 1. The van der Waals surface area contributed by atoms with Crippen molar-refractivity contribution in [1.29, 1.82) is 0 Å². The van der Waals surface area contributed by atoms with Gasteiger partial charge in [-0.25, -0.2) is 9.37 Å². The van der Waals surface area contributed by atoms with Gasteiger partial charge in [0.25, 0.3) is 0 Å². The summed E-state index contributed by atoms with van der Waals surface area (Å²) in [7, 11) is 0. The molecule has 1 aromatic carbocycles. The van der Waals surface area contributed by atoms with Gasteiger partial charge in [0, 0.05) is 24.4 Å². The molecule has 1 heterocycles. The van der Waals surface area contributed by atoms with Gasteiger partial charge in [-0.05, 0) is 69.3 Å². The molecule has 2 aromatic rings. The Morgan fingerprint density at radius 3 is 2.80 bits per heavy atom. The minimum absolute atomic E-state index is 0.186. The number of allylic oxidation sites excluding steroid dienone is 6. The van der Waals surface area contributed by atoms with E-state index in [1.165, 1.54) is 17.7 Å². The quantitative estimate of drug-likeness (QED) is 0.484. The molecule has 1 aliphatic carbocycles. The number of aromatic nitrogens is 2. The minimum Gasteiger partial charge on any atom is -0.326 e. The maximum atomic E-state index is 13.4. The first-order chi connectivity index (χ1) is 14.6. The van der Waals surface area contributed by atoms with E-state index < -0.39 is 0 Å². The van der Waals surface area contributed by atoms with Crippen LogP contribution in [0.2, 0.25) is 0 Å². The van der Waals surface area contributed by atoms with Crippen LogP contribution in [0.25, 0.3) is 17.0 Å². The Labute approximate surface area is 177 Å². The van der Waals surface area contributed by atoms with E-state index in [9.17, 15) is 4.39 Å². The number of nitrogens with zero attached hydrogens (tertiary/aromatic N) is 4. The van der Waals surface area contributed by atoms with Gasteiger partial charge < -0.3 is 4.57 Å². The van der Waals surface area contributed by atoms with Gasteiger partial charge in [0.05, 0.1) is 23.4 Å². The molecule has 1 aliphatic rings. The Bertz CT molecular complexity index is 1020. The first kappa shape index (κ1) is 21.4. The molecule has 5 heteroatoms. The van der Waals surface area contributed by atoms with E-state index in [1.54, 1.807) is 24.7 Å². The van der Waals surface area contributed by atoms with E-state index in [0.29, 0.717) is 12.2 Å². The molecule has 1 aromatic heterocycles. The summed E-state index contributed by atoms with van der Waals surface area (Å²) in [5, 5.41) is 0. The molecule has 0 spiro atoms. The highest BCUT2D eigenvalue weighted by Gasteiger charge is 2.18. The first-order valence-corrected chi connectivity index (χ1v) is 10.1. The summed E-state index contributed by atoms with van der Waals surface area (Å²) in [4.78, 5) is 13.3. The molecule has 0 aliphatic heterocycles. The first-order valence-electron chi connectivity index (χ1n) is 10.1. The SMILES string of the molecule is C=N/C(=C\C=NCCC1=CC=CCC=C1)c1c(-c2ccc(F)cc2)ncn1C(C)C. The highest BCUT2D eigenvalue weighted by atomic mass is 19.1. The normalized spacial score (nSPS) is 14.4. The fourth-order valence-corrected chi connectivity index (χ4v) is 3.21. The van der Waals surface area contributed by atoms with Gasteiger partial charge >= 0.3 is 0 Å². The molecule has 0 saturated carbocycles. The monoisotopic (exact) mass is 402 g/mol. The van der Waals surface area contributed by atoms with Crippen LogP contribution in [0.1, 0.15) is 38.4 Å². The van der Waals surface area contributed by atoms with Crippen molar-refractivity contribution in [1.82, 2.24) is 9.55 Å². The van der Waals surface area contributed by atoms with Gasteiger partial charge in [-0.1, -0.05) is 30.4 Å². The Hall–Kier alpha value is -3.34. The standard InChI is InChI=1S/C25H27FN4/c1-19(2)30-18-29-24(21-10-12-22(26)13-11-21)25(30)23(27-3)15-17-28-16-14-20-8-6-4-5-7-9-20/h4,6-13,15,17-19H,3,5,14,16H2,1-2H3/b23-15-,28-17?. The second-order valence-electron chi connectivity index (χ2n) is 7.27. The number of aliphatic imine (C=N–C) groups is 2. The fraction of sp³-hybridized carbons (Fsp3) is 0.240. The Balaban J connectivity index is 1.83. The van der Waals surface area contributed by atoms with Crippen LogP contribution in [0.3, 0.4) is 0 Å². The third-order valence-corrected chi connectivity index (χ3v) is 4.80. The van der Waals surface area contributed by atoms with Crippen LogP contribution in [-0.2, 0) is 0 Å². The Morgan fingerprint density at radius 2 is 2.07 bits per heavy atom. The zero-order valence-corrected chi connectivity index (χ0v) is 17.5. The van der Waals surface area contributed by atoms with Crippen molar-refractivity contribution in [2.45, 2.75) is 32.7 Å². The molecule has 0 saturated heterocycles. The largest absolute Gasteiger partial charge is 0.326 e. The summed E-state index contributed by atoms with van der Waals surface area (Å²) in [6.07, 6.45) is 17.9. The van der Waals surface area contributed by atoms with E-state index in [2.05, 4.69) is 65.9 Å². The predicted molar refractivity (Wildman–Crippen MR) is 124 cm³/mol. The zero-order chi connectivity index (χ0) is 21.3. The lowest BCUT2D eigenvalue weighted by atomic mass is 10.1. The molecule has 0 amide bonds. The summed E-state index contributed by atoms with van der Waals surface area (Å²) < 4.78 is 15.4. The number of halogens is 1. The lowest BCUT2D eigenvalue weighted by molar-refractivity contribution is 0.593. The van der Waals surface area contributed by atoms with Crippen LogP contribution in [0.5, 0.6) is 0 Å². The summed E-state index contributed by atoms with van der Waals surface area (Å²) in [5.41, 5.74) is 4.37. The lowest BCUT2D eigenvalue weighted by Crippen LogP contribution is -2.04. The van der Waals surface area contributed by atoms with Crippen molar-refractivity contribution in [2.24, 2.45) is 9.98 Å².